The maximum atomic E-state index is 13.9. The normalized spacial score (nSPS) is 19.1. The molecule has 0 spiro atoms. The molecular weight excluding hydrogens is 231 g/mol. The predicted octanol–water partition coefficient (Wildman–Crippen LogP) is 2.31. The van der Waals surface area contributed by atoms with E-state index < -0.39 is 5.82 Å². The van der Waals surface area contributed by atoms with E-state index in [1.807, 2.05) is 18.0 Å². The van der Waals surface area contributed by atoms with Gasteiger partial charge >= 0.3 is 0 Å². The number of hydrogen-bond acceptors (Lipinski definition) is 3. The monoisotopic (exact) mass is 248 g/mol. The Kier molecular flexibility index (Phi) is 4.29. The molecule has 1 aromatic carbocycles. The highest BCUT2D eigenvalue weighted by Crippen LogP contribution is 2.16. The zero-order chi connectivity index (χ0) is 13.0. The second-order valence-electron chi connectivity index (χ2n) is 4.72. The van der Waals surface area contributed by atoms with Crippen molar-refractivity contribution in [2.45, 2.75) is 25.5 Å². The van der Waals surface area contributed by atoms with Crippen LogP contribution in [0.1, 0.15) is 24.0 Å². The first-order chi connectivity index (χ1) is 8.70. The van der Waals surface area contributed by atoms with Crippen molar-refractivity contribution in [2.75, 3.05) is 20.2 Å². The molecule has 4 heteroatoms. The van der Waals surface area contributed by atoms with Gasteiger partial charge in [0.25, 0.3) is 0 Å². The highest BCUT2D eigenvalue weighted by Gasteiger charge is 2.18. The second-order valence-corrected chi connectivity index (χ2v) is 4.72. The number of nitrogens with zero attached hydrogens (tertiary/aromatic N) is 2. The minimum absolute atomic E-state index is 0.109. The minimum Gasteiger partial charge on any atom is -0.377 e. The van der Waals surface area contributed by atoms with Crippen LogP contribution in [-0.4, -0.2) is 31.2 Å². The van der Waals surface area contributed by atoms with Crippen LogP contribution in [0.3, 0.4) is 0 Å². The number of halogens is 1. The van der Waals surface area contributed by atoms with E-state index in [0.29, 0.717) is 12.1 Å². The Morgan fingerprint density at radius 3 is 3.06 bits per heavy atom. The first kappa shape index (κ1) is 13.0. The van der Waals surface area contributed by atoms with Crippen LogP contribution in [-0.2, 0) is 11.3 Å². The summed E-state index contributed by atoms with van der Waals surface area (Å²) >= 11 is 0. The van der Waals surface area contributed by atoms with Gasteiger partial charge in [-0.15, -0.1) is 0 Å². The van der Waals surface area contributed by atoms with Gasteiger partial charge in [0.2, 0.25) is 0 Å². The average molecular weight is 248 g/mol. The first-order valence-electron chi connectivity index (χ1n) is 6.18. The van der Waals surface area contributed by atoms with Crippen LogP contribution in [0.4, 0.5) is 4.39 Å². The largest absolute Gasteiger partial charge is 0.377 e. The molecule has 0 saturated carbocycles. The topological polar surface area (TPSA) is 36.3 Å². The third-order valence-corrected chi connectivity index (χ3v) is 3.18. The SMILES string of the molecule is CN(Cc1cccc(C#N)c1F)CC1CCCO1. The van der Waals surface area contributed by atoms with Gasteiger partial charge in [0.1, 0.15) is 11.9 Å². The van der Waals surface area contributed by atoms with E-state index in [1.54, 1.807) is 12.1 Å². The summed E-state index contributed by atoms with van der Waals surface area (Å²) in [7, 11) is 1.94. The van der Waals surface area contributed by atoms with E-state index in [0.717, 1.165) is 26.0 Å². The van der Waals surface area contributed by atoms with Gasteiger partial charge in [-0.25, -0.2) is 4.39 Å². The standard InChI is InChI=1S/C14H17FN2O/c1-17(10-13-6-3-7-18-13)9-12-5-2-4-11(8-16)14(12)15/h2,4-5,13H,3,6-7,9-10H2,1H3. The van der Waals surface area contributed by atoms with E-state index >= 15 is 0 Å². The molecule has 3 nitrogen and oxygen atoms in total. The van der Waals surface area contributed by atoms with Crippen LogP contribution >= 0.6 is 0 Å². The van der Waals surface area contributed by atoms with Gasteiger partial charge in [-0.1, -0.05) is 12.1 Å². The van der Waals surface area contributed by atoms with Gasteiger partial charge in [-0.3, -0.25) is 4.90 Å². The molecule has 1 heterocycles. The lowest BCUT2D eigenvalue weighted by molar-refractivity contribution is 0.0790. The number of hydrogen-bond donors (Lipinski definition) is 0. The van der Waals surface area contributed by atoms with Crippen LogP contribution < -0.4 is 0 Å². The highest BCUT2D eigenvalue weighted by molar-refractivity contribution is 5.34. The van der Waals surface area contributed by atoms with Crippen LogP contribution in [0, 0.1) is 17.1 Å². The van der Waals surface area contributed by atoms with E-state index in [-0.39, 0.29) is 11.7 Å². The third-order valence-electron chi connectivity index (χ3n) is 3.18. The molecule has 1 aromatic rings. The average Bonchev–Trinajstić information content (AvgIpc) is 2.84. The summed E-state index contributed by atoms with van der Waals surface area (Å²) in [5.41, 5.74) is 0.674. The van der Waals surface area contributed by atoms with Gasteiger partial charge < -0.3 is 4.74 Å². The van der Waals surface area contributed by atoms with Crippen molar-refractivity contribution in [2.24, 2.45) is 0 Å². The number of benzene rings is 1. The van der Waals surface area contributed by atoms with E-state index in [1.165, 1.54) is 6.07 Å². The summed E-state index contributed by atoms with van der Waals surface area (Å²) in [6, 6.07) is 6.81. The summed E-state index contributed by atoms with van der Waals surface area (Å²) in [4.78, 5) is 2.04. The zero-order valence-electron chi connectivity index (χ0n) is 10.5. The molecule has 0 radical (unpaired) electrons. The summed E-state index contributed by atoms with van der Waals surface area (Å²) in [5.74, 6) is -0.404. The number of ether oxygens (including phenoxy) is 1. The van der Waals surface area contributed by atoms with Crippen LogP contribution in [0.25, 0.3) is 0 Å². The Morgan fingerprint density at radius 1 is 1.56 bits per heavy atom. The molecule has 0 N–H and O–H groups in total. The Bertz CT molecular complexity index is 450. The molecule has 2 rings (SSSR count). The van der Waals surface area contributed by atoms with Crippen LogP contribution in [0.2, 0.25) is 0 Å². The third kappa shape index (κ3) is 3.06. The lowest BCUT2D eigenvalue weighted by Crippen LogP contribution is -2.28. The Morgan fingerprint density at radius 2 is 2.39 bits per heavy atom. The highest BCUT2D eigenvalue weighted by atomic mass is 19.1. The van der Waals surface area contributed by atoms with Crippen molar-refractivity contribution in [3.63, 3.8) is 0 Å². The van der Waals surface area contributed by atoms with Crippen molar-refractivity contribution in [3.05, 3.63) is 35.1 Å². The number of likely N-dealkylation sites (N-methyl/N-ethyl adjacent to an activating group) is 1. The predicted molar refractivity (Wildman–Crippen MR) is 66.4 cm³/mol. The molecule has 1 aliphatic heterocycles. The fraction of sp³-hybridized carbons (Fsp3) is 0.500. The zero-order valence-corrected chi connectivity index (χ0v) is 10.5. The summed E-state index contributed by atoms with van der Waals surface area (Å²) in [6.45, 7) is 2.13. The van der Waals surface area contributed by atoms with E-state index in [9.17, 15) is 4.39 Å². The summed E-state index contributed by atoms with van der Waals surface area (Å²) in [6.07, 6.45) is 2.44. The fourth-order valence-corrected chi connectivity index (χ4v) is 2.28. The van der Waals surface area contributed by atoms with Crippen molar-refractivity contribution < 1.29 is 9.13 Å². The van der Waals surface area contributed by atoms with Crippen LogP contribution in [0.5, 0.6) is 0 Å². The Labute approximate surface area is 107 Å². The quantitative estimate of drug-likeness (QED) is 0.820. The van der Waals surface area contributed by atoms with E-state index in [2.05, 4.69) is 0 Å². The van der Waals surface area contributed by atoms with Crippen molar-refractivity contribution in [3.8, 4) is 6.07 Å². The second kappa shape index (κ2) is 5.94. The molecule has 1 saturated heterocycles. The molecular formula is C14H17FN2O. The molecule has 1 aliphatic rings. The van der Waals surface area contributed by atoms with Crippen molar-refractivity contribution in [1.29, 1.82) is 5.26 Å². The molecule has 0 aliphatic carbocycles. The van der Waals surface area contributed by atoms with Gasteiger partial charge in [-0.2, -0.15) is 5.26 Å². The van der Waals surface area contributed by atoms with E-state index in [4.69, 9.17) is 10.00 Å². The van der Waals surface area contributed by atoms with Gasteiger partial charge in [-0.05, 0) is 26.0 Å². The molecule has 0 amide bonds. The van der Waals surface area contributed by atoms with Crippen LogP contribution in [0.15, 0.2) is 18.2 Å². The van der Waals surface area contributed by atoms with Gasteiger partial charge in [0, 0.05) is 25.3 Å². The minimum atomic E-state index is -0.404. The summed E-state index contributed by atoms with van der Waals surface area (Å²) < 4.78 is 19.4. The molecule has 96 valence electrons. The molecule has 1 atom stereocenters. The maximum absolute atomic E-state index is 13.9. The fourth-order valence-electron chi connectivity index (χ4n) is 2.28. The summed E-state index contributed by atoms with van der Waals surface area (Å²) in [5, 5.41) is 8.78. The van der Waals surface area contributed by atoms with Gasteiger partial charge in [0.05, 0.1) is 11.7 Å². The first-order valence-corrected chi connectivity index (χ1v) is 6.18. The molecule has 0 bridgehead atoms. The molecule has 1 fully saturated rings. The van der Waals surface area contributed by atoms with Crippen molar-refractivity contribution in [1.82, 2.24) is 4.90 Å². The maximum Gasteiger partial charge on any atom is 0.145 e. The Hall–Kier alpha value is -1.44. The van der Waals surface area contributed by atoms with Crippen molar-refractivity contribution >= 4 is 0 Å². The molecule has 1 unspecified atom stereocenters. The number of rotatable bonds is 4. The number of nitriles is 1. The lowest BCUT2D eigenvalue weighted by Gasteiger charge is -2.20. The van der Waals surface area contributed by atoms with Gasteiger partial charge in [0.15, 0.2) is 0 Å². The lowest BCUT2D eigenvalue weighted by atomic mass is 10.1. The Balaban J connectivity index is 1.98. The smallest absolute Gasteiger partial charge is 0.145 e. The molecule has 18 heavy (non-hydrogen) atoms. The molecule has 0 aromatic heterocycles.